The number of carbonyl (C=O) groups is 17. The number of amides is 9. The second-order valence-electron chi connectivity index (χ2n) is 26.9. The van der Waals surface area contributed by atoms with Gasteiger partial charge in [-0.3, -0.25) is 47.9 Å². The van der Waals surface area contributed by atoms with Gasteiger partial charge in [0.05, 0.1) is 38.9 Å². The third kappa shape index (κ3) is 26.8. The van der Waals surface area contributed by atoms with Gasteiger partial charge in [-0.2, -0.15) is 28.8 Å². The summed E-state index contributed by atoms with van der Waals surface area (Å²) >= 11 is 0. The summed E-state index contributed by atoms with van der Waals surface area (Å²) in [6, 6.07) is 42.1. The number of carboxylic acid groups (broad SMARTS) is 7. The molecular formula is C89H62N10O30. The molecule has 0 fully saturated rings. The van der Waals surface area contributed by atoms with E-state index in [0.29, 0.717) is 5.69 Å². The van der Waals surface area contributed by atoms with E-state index in [9.17, 15) is 108 Å². The summed E-state index contributed by atoms with van der Waals surface area (Å²) in [5, 5.41) is 91.2. The van der Waals surface area contributed by atoms with Crippen molar-refractivity contribution in [3.63, 3.8) is 0 Å². The molecule has 11 aromatic carbocycles. The lowest BCUT2D eigenvalue weighted by molar-refractivity contribution is -0.193. The number of aryl methyl sites for hydroxylation is 2. The Labute approximate surface area is 722 Å². The largest absolute Gasteiger partial charge is 0.478 e. The Morgan fingerprint density at radius 1 is 0.225 bits per heavy atom. The number of nitrogens with two attached hydrogens (primary N) is 1. The van der Waals surface area contributed by atoms with Gasteiger partial charge in [-0.05, 0) is 225 Å². The smallest absolute Gasteiger partial charge is 0.373 e. The van der Waals surface area contributed by atoms with E-state index in [1.165, 1.54) is 66.7 Å². The van der Waals surface area contributed by atoms with Gasteiger partial charge in [0.15, 0.2) is 5.78 Å². The first-order valence-electron chi connectivity index (χ1n) is 36.3. The van der Waals surface area contributed by atoms with Gasteiger partial charge in [0, 0.05) is 119 Å². The molecule has 40 heteroatoms. The molecule has 648 valence electrons. The number of Topliss-reactive ketones (excluding diaryl/α,β-unsaturated/α-hetero) is 1. The van der Waals surface area contributed by atoms with E-state index >= 15 is 9.59 Å². The molecule has 129 heavy (non-hydrogen) atoms. The molecule has 0 radical (unpaired) electrons. The second-order valence-corrected chi connectivity index (χ2v) is 26.9. The number of nitrogen functional groups attached to an aromatic ring is 1. The Hall–Kier alpha value is -19.4. The Bertz CT molecular complexity index is 6560. The molecule has 0 aliphatic carbocycles. The predicted molar refractivity (Wildman–Crippen MR) is 448 cm³/mol. The quantitative estimate of drug-likeness (QED) is 0.0160. The Kier molecular flexibility index (Phi) is 31.8. The minimum Gasteiger partial charge on any atom is -0.478 e. The fourth-order valence-electron chi connectivity index (χ4n) is 12.1. The Morgan fingerprint density at radius 2 is 0.403 bits per heavy atom. The summed E-state index contributed by atoms with van der Waals surface area (Å²) in [6.45, 7) is 3.53. The number of carboxylic acids is 7. The number of rotatable bonds is 28. The molecule has 40 nitrogen and oxygen atoms in total. The van der Waals surface area contributed by atoms with Crippen molar-refractivity contribution >= 4 is 176 Å². The van der Waals surface area contributed by atoms with Crippen LogP contribution in [-0.2, 0) is 35.2 Å². The molecule has 0 saturated heterocycles. The molecule has 0 aliphatic heterocycles. The highest BCUT2D eigenvalue weighted by molar-refractivity contribution is 6.17. The van der Waals surface area contributed by atoms with E-state index in [1.54, 1.807) is 26.0 Å². The minimum atomic E-state index is -1.59. The summed E-state index contributed by atoms with van der Waals surface area (Å²) in [4.78, 5) is 277. The summed E-state index contributed by atoms with van der Waals surface area (Å²) < 4.78 is 0. The fraction of sp³-hybridized carbons (Fsp3) is 0.0337. The molecule has 0 spiro atoms. The number of benzene rings is 11. The lowest BCUT2D eigenvalue weighted by Gasteiger charge is -2.15. The molecule has 0 saturated carbocycles. The number of aromatic carboxylic acids is 7. The summed E-state index contributed by atoms with van der Waals surface area (Å²) in [5.41, 5.74) is -0.618. The number of nitrogens with one attached hydrogen (secondary N) is 9. The van der Waals surface area contributed by atoms with Crippen LogP contribution in [0.4, 0.5) is 56.9 Å². The van der Waals surface area contributed by atoms with Crippen LogP contribution in [-0.4, -0.2) is 155 Å². The topological polar surface area (TPSA) is 669 Å². The van der Waals surface area contributed by atoms with Crippen LogP contribution in [0.15, 0.2) is 218 Å². The van der Waals surface area contributed by atoms with Crippen molar-refractivity contribution in [2.75, 3.05) is 53.6 Å². The normalized spacial score (nSPS) is 10.1. The van der Waals surface area contributed by atoms with Gasteiger partial charge < -0.3 is 89.3 Å². The van der Waals surface area contributed by atoms with Crippen molar-refractivity contribution in [2.45, 2.75) is 20.3 Å². The number of anilines is 10. The van der Waals surface area contributed by atoms with Crippen molar-refractivity contribution in [3.8, 4) is 0 Å². The predicted octanol–water partition coefficient (Wildman–Crippen LogP) is 10.7. The first-order valence-corrected chi connectivity index (χ1v) is 36.3. The molecular weight excluding hydrogens is 1690 g/mol. The fourth-order valence-corrected chi connectivity index (χ4v) is 12.1. The van der Waals surface area contributed by atoms with Crippen molar-refractivity contribution in [1.82, 2.24) is 0 Å². The van der Waals surface area contributed by atoms with Crippen LogP contribution in [0.5, 0.6) is 0 Å². The van der Waals surface area contributed by atoms with Gasteiger partial charge in [-0.15, -0.1) is 0 Å². The average Bonchev–Trinajstić information content (AvgIpc) is 0.805. The standard InChI is InChI=1S/C86H62N10O24.3CO2/c1-40-12-41(2)14-64(13-40)91-71(98)47-15-42(16-48(19-47)72(99)94-67-34-54(22-56(36-67)83(113)114)76(103)89-62-10-4-7-44(28-62)81(109)110)17-70(97)46-18-51(78(105)95-68-35-55(23-57(37-68)84(115)116)77(104)90-63-11-5-8-45(29-63)82(111)112)31-65(30-46)92-79(106)53-21-52(75(102)88-61-9-3-6-43(27-61)80(107)108)32-66(33-53)93-73(100)49-20-50(26-60(87)25-49)74(101)96-69-38-58(85(117)118)24-59(39-69)86(119)120;3*2-1-3/h3-16,18-39H,17,87H2,1-2H3,(H,88,102)(H,89,103)(H,90,104)(H,91,98)(H,92,106)(H,93,100)(H,94,99)(H,95,105)(H,96,101)(H,107,108)(H,109,110)(H,111,112)(H,113,114)(H,115,116)(H,117,118)(H,119,120);;;. The van der Waals surface area contributed by atoms with E-state index < -0.39 is 157 Å². The van der Waals surface area contributed by atoms with Gasteiger partial charge in [0.2, 0.25) is 0 Å². The number of hydrogen-bond acceptors (Lipinski definition) is 24. The SMILES string of the molecule is Cc1cc(C)cc(NC(=O)c2cc(CC(=O)c3cc(NC(=O)c4cc(NC(=O)c5cc(N)cc(C(=O)Nc6cc(C(=O)O)cc(C(=O)O)c6)c5)cc(C(=O)Nc5cccc(C(=O)O)c5)c4)cc(C(=O)Nc4cc(C(=O)O)cc(C(=O)Nc5cccc(C(=O)O)c5)c4)c3)cc(C(=O)Nc3cc(C(=O)O)cc(C(=O)Nc4cccc(C(=O)O)c4)c3)c2)c1.O=C=O.O=C=O.O=C=O. The van der Waals surface area contributed by atoms with E-state index in [2.05, 4.69) is 47.9 Å². The highest BCUT2D eigenvalue weighted by atomic mass is 16.4. The highest BCUT2D eigenvalue weighted by Gasteiger charge is 2.26. The zero-order valence-electron chi connectivity index (χ0n) is 66.1. The lowest BCUT2D eigenvalue weighted by Crippen LogP contribution is -2.20. The molecule has 0 heterocycles. The van der Waals surface area contributed by atoms with Crippen molar-refractivity contribution in [3.05, 3.63) is 330 Å². The van der Waals surface area contributed by atoms with Crippen LogP contribution in [0.2, 0.25) is 0 Å². The van der Waals surface area contributed by atoms with Crippen LogP contribution < -0.4 is 53.6 Å². The van der Waals surface area contributed by atoms with Crippen LogP contribution in [0.1, 0.15) is 193 Å². The maximum Gasteiger partial charge on any atom is 0.373 e. The minimum absolute atomic E-state index is 0.0103. The summed E-state index contributed by atoms with van der Waals surface area (Å²) in [6.07, 6.45) is -0.0249. The third-order valence-electron chi connectivity index (χ3n) is 17.5. The third-order valence-corrected chi connectivity index (χ3v) is 17.5. The molecule has 11 aromatic rings. The first kappa shape index (κ1) is 95.0. The van der Waals surface area contributed by atoms with Crippen molar-refractivity contribution in [2.24, 2.45) is 0 Å². The summed E-state index contributed by atoms with van der Waals surface area (Å²) in [5.74, 6) is -20.4. The Morgan fingerprint density at radius 3 is 0.651 bits per heavy atom. The van der Waals surface area contributed by atoms with Crippen LogP contribution in [0.25, 0.3) is 0 Å². The first-order chi connectivity index (χ1) is 61.2. The van der Waals surface area contributed by atoms with Gasteiger partial charge >= 0.3 is 60.2 Å². The maximum atomic E-state index is 15.2. The van der Waals surface area contributed by atoms with E-state index in [1.807, 2.05) is 6.07 Å². The van der Waals surface area contributed by atoms with Crippen molar-refractivity contribution < 1.29 is 146 Å². The number of hydrogen-bond donors (Lipinski definition) is 17. The zero-order valence-corrected chi connectivity index (χ0v) is 66.1. The van der Waals surface area contributed by atoms with Crippen LogP contribution >= 0.6 is 0 Å². The zero-order chi connectivity index (χ0) is 94.8. The highest BCUT2D eigenvalue weighted by Crippen LogP contribution is 2.29. The second kappa shape index (κ2) is 43.2. The molecule has 0 aromatic heterocycles. The van der Waals surface area contributed by atoms with Gasteiger partial charge in [0.1, 0.15) is 0 Å². The number of ketones is 1. The summed E-state index contributed by atoms with van der Waals surface area (Å²) in [7, 11) is 0. The van der Waals surface area contributed by atoms with E-state index in [0.717, 1.165) is 145 Å². The van der Waals surface area contributed by atoms with Gasteiger partial charge in [-0.25, -0.2) is 33.6 Å². The monoisotopic (exact) mass is 1750 g/mol. The lowest BCUT2D eigenvalue weighted by atomic mass is 9.96. The average molecular weight is 1750 g/mol. The van der Waals surface area contributed by atoms with Crippen molar-refractivity contribution in [1.29, 1.82) is 0 Å². The van der Waals surface area contributed by atoms with E-state index in [-0.39, 0.29) is 120 Å². The molecule has 0 unspecified atom stereocenters. The molecule has 9 amide bonds. The van der Waals surface area contributed by atoms with E-state index in [4.69, 9.17) is 34.5 Å². The molecule has 11 rings (SSSR count). The van der Waals surface area contributed by atoms with Gasteiger partial charge in [0.25, 0.3) is 53.2 Å². The van der Waals surface area contributed by atoms with Crippen LogP contribution in [0.3, 0.4) is 0 Å². The van der Waals surface area contributed by atoms with Crippen LogP contribution in [0, 0.1) is 13.8 Å². The number of carbonyl (C=O) groups excluding carboxylic acids is 16. The maximum absolute atomic E-state index is 15.2. The molecule has 0 atom stereocenters. The molecule has 18 N–H and O–H groups in total. The molecule has 0 aliphatic rings. The molecule has 0 bridgehead atoms. The van der Waals surface area contributed by atoms with Gasteiger partial charge in [-0.1, -0.05) is 24.3 Å². The Balaban J connectivity index is 0.00000219.